The van der Waals surface area contributed by atoms with Crippen LogP contribution in [-0.4, -0.2) is 45.5 Å². The van der Waals surface area contributed by atoms with Crippen molar-refractivity contribution in [2.45, 2.75) is 19.9 Å². The van der Waals surface area contributed by atoms with Crippen molar-refractivity contribution in [3.8, 4) is 0 Å². The van der Waals surface area contributed by atoms with Gasteiger partial charge >= 0.3 is 5.97 Å². The van der Waals surface area contributed by atoms with Gasteiger partial charge in [0, 0.05) is 13.2 Å². The molecule has 0 spiro atoms. The highest BCUT2D eigenvalue weighted by Crippen LogP contribution is 2.02. The van der Waals surface area contributed by atoms with Gasteiger partial charge in [-0.3, -0.25) is 4.79 Å². The number of carbonyl (C=O) groups is 1. The Bertz CT molecular complexity index is 173. The molecule has 0 rings (SSSR count). The van der Waals surface area contributed by atoms with Gasteiger partial charge in [0.1, 0.15) is 6.61 Å². The van der Waals surface area contributed by atoms with Gasteiger partial charge in [-0.25, -0.2) is 0 Å². The summed E-state index contributed by atoms with van der Waals surface area (Å²) in [6.45, 7) is 5.24. The van der Waals surface area contributed by atoms with Crippen LogP contribution in [-0.2, 0) is 19.0 Å². The molecule has 0 saturated carbocycles. The van der Waals surface area contributed by atoms with Crippen molar-refractivity contribution in [2.24, 2.45) is 11.7 Å². The Kier molecular flexibility index (Phi) is 8.27. The first kappa shape index (κ1) is 14.3. The number of carbonyl (C=O) groups excluding carboxylic acids is 1. The van der Waals surface area contributed by atoms with Gasteiger partial charge in [-0.15, -0.1) is 0 Å². The summed E-state index contributed by atoms with van der Waals surface area (Å²) in [4.78, 5) is 11.3. The molecule has 0 fully saturated rings. The number of hydrogen-bond donors (Lipinski definition) is 1. The van der Waals surface area contributed by atoms with E-state index in [1.807, 2.05) is 0 Å². The second-order valence-electron chi connectivity index (χ2n) is 3.42. The van der Waals surface area contributed by atoms with E-state index in [2.05, 4.69) is 0 Å². The minimum absolute atomic E-state index is 0.188. The summed E-state index contributed by atoms with van der Waals surface area (Å²) in [7, 11) is 1.60. The third-order valence-corrected chi connectivity index (χ3v) is 2.06. The van der Waals surface area contributed by atoms with Crippen LogP contribution in [0.15, 0.2) is 0 Å². The smallest absolute Gasteiger partial charge is 0.310 e. The Morgan fingerprint density at radius 1 is 1.20 bits per heavy atom. The SMILES string of the molecule is COCCOCCOC(=O)C(C)C(C)N. The van der Waals surface area contributed by atoms with Gasteiger partial charge in [-0.05, 0) is 6.92 Å². The maximum atomic E-state index is 11.3. The largest absolute Gasteiger partial charge is 0.463 e. The fourth-order valence-electron chi connectivity index (χ4n) is 0.792. The molecule has 2 unspecified atom stereocenters. The van der Waals surface area contributed by atoms with E-state index < -0.39 is 0 Å². The molecule has 15 heavy (non-hydrogen) atoms. The molecule has 5 heteroatoms. The van der Waals surface area contributed by atoms with E-state index in [0.29, 0.717) is 19.8 Å². The van der Waals surface area contributed by atoms with Crippen LogP contribution in [0.5, 0.6) is 0 Å². The van der Waals surface area contributed by atoms with Crippen molar-refractivity contribution in [2.75, 3.05) is 33.5 Å². The second-order valence-corrected chi connectivity index (χ2v) is 3.42. The average molecular weight is 219 g/mol. The van der Waals surface area contributed by atoms with Crippen molar-refractivity contribution in [3.05, 3.63) is 0 Å². The summed E-state index contributed by atoms with van der Waals surface area (Å²) in [5.41, 5.74) is 5.56. The van der Waals surface area contributed by atoms with Crippen molar-refractivity contribution in [1.82, 2.24) is 0 Å². The van der Waals surface area contributed by atoms with Gasteiger partial charge in [0.2, 0.25) is 0 Å². The number of ether oxygens (including phenoxy) is 3. The fourth-order valence-corrected chi connectivity index (χ4v) is 0.792. The predicted molar refractivity (Wildman–Crippen MR) is 56.5 cm³/mol. The molecule has 0 aromatic rings. The van der Waals surface area contributed by atoms with Crippen molar-refractivity contribution in [3.63, 3.8) is 0 Å². The molecule has 0 radical (unpaired) electrons. The summed E-state index contributed by atoms with van der Waals surface area (Å²) < 4.78 is 14.9. The molecule has 90 valence electrons. The topological polar surface area (TPSA) is 70.8 Å². The number of nitrogens with two attached hydrogens (primary N) is 1. The van der Waals surface area contributed by atoms with Crippen LogP contribution < -0.4 is 5.73 Å². The summed E-state index contributed by atoms with van der Waals surface area (Å²) in [5.74, 6) is -0.552. The summed E-state index contributed by atoms with van der Waals surface area (Å²) in [6.07, 6.45) is 0. The molecule has 0 aromatic heterocycles. The zero-order chi connectivity index (χ0) is 11.7. The molecule has 0 aliphatic rings. The van der Waals surface area contributed by atoms with E-state index in [-0.39, 0.29) is 24.5 Å². The molecule has 0 saturated heterocycles. The van der Waals surface area contributed by atoms with Crippen molar-refractivity contribution in [1.29, 1.82) is 0 Å². The first-order valence-electron chi connectivity index (χ1n) is 5.08. The first-order chi connectivity index (χ1) is 7.09. The van der Waals surface area contributed by atoms with E-state index in [1.165, 1.54) is 0 Å². The number of hydrogen-bond acceptors (Lipinski definition) is 5. The van der Waals surface area contributed by atoms with Gasteiger partial charge in [0.15, 0.2) is 0 Å². The predicted octanol–water partition coefficient (Wildman–Crippen LogP) is 0.176. The number of methoxy groups -OCH3 is 1. The van der Waals surface area contributed by atoms with E-state index in [9.17, 15) is 4.79 Å². The number of rotatable bonds is 8. The summed E-state index contributed by atoms with van der Waals surface area (Å²) in [5, 5.41) is 0. The quantitative estimate of drug-likeness (QED) is 0.465. The molecular weight excluding hydrogens is 198 g/mol. The molecule has 0 bridgehead atoms. The Hall–Kier alpha value is -0.650. The third kappa shape index (κ3) is 7.30. The lowest BCUT2D eigenvalue weighted by Crippen LogP contribution is -2.32. The van der Waals surface area contributed by atoms with E-state index in [4.69, 9.17) is 19.9 Å². The Labute approximate surface area is 90.9 Å². The minimum Gasteiger partial charge on any atom is -0.463 e. The van der Waals surface area contributed by atoms with Gasteiger partial charge in [-0.2, -0.15) is 0 Å². The fraction of sp³-hybridized carbons (Fsp3) is 0.900. The molecule has 0 amide bonds. The lowest BCUT2D eigenvalue weighted by atomic mass is 10.1. The second kappa shape index (κ2) is 8.64. The Morgan fingerprint density at radius 3 is 2.33 bits per heavy atom. The highest BCUT2D eigenvalue weighted by molar-refractivity contribution is 5.72. The Balaban J connectivity index is 3.39. The van der Waals surface area contributed by atoms with Crippen molar-refractivity contribution >= 4 is 5.97 Å². The summed E-state index contributed by atoms with van der Waals surface area (Å²) >= 11 is 0. The van der Waals surface area contributed by atoms with Crippen LogP contribution in [0.3, 0.4) is 0 Å². The van der Waals surface area contributed by atoms with E-state index in [0.717, 1.165) is 0 Å². The van der Waals surface area contributed by atoms with Gasteiger partial charge < -0.3 is 19.9 Å². The van der Waals surface area contributed by atoms with Crippen LogP contribution in [0.25, 0.3) is 0 Å². The highest BCUT2D eigenvalue weighted by Gasteiger charge is 2.17. The van der Waals surface area contributed by atoms with Crippen LogP contribution in [0.1, 0.15) is 13.8 Å². The zero-order valence-electron chi connectivity index (χ0n) is 9.69. The lowest BCUT2D eigenvalue weighted by Gasteiger charge is -2.14. The first-order valence-corrected chi connectivity index (χ1v) is 5.08. The van der Waals surface area contributed by atoms with Crippen molar-refractivity contribution < 1.29 is 19.0 Å². The van der Waals surface area contributed by atoms with Gasteiger partial charge in [0.05, 0.1) is 25.7 Å². The molecular formula is C10H21NO4. The van der Waals surface area contributed by atoms with E-state index >= 15 is 0 Å². The highest BCUT2D eigenvalue weighted by atomic mass is 16.6. The molecule has 5 nitrogen and oxygen atoms in total. The maximum Gasteiger partial charge on any atom is 0.310 e. The van der Waals surface area contributed by atoms with Crippen LogP contribution in [0.4, 0.5) is 0 Å². The zero-order valence-corrected chi connectivity index (χ0v) is 9.69. The van der Waals surface area contributed by atoms with E-state index in [1.54, 1.807) is 21.0 Å². The molecule has 0 aliphatic heterocycles. The van der Waals surface area contributed by atoms with Gasteiger partial charge in [0.25, 0.3) is 0 Å². The lowest BCUT2D eigenvalue weighted by molar-refractivity contribution is -0.150. The molecule has 0 aliphatic carbocycles. The standard InChI is InChI=1S/C10H21NO4/c1-8(9(2)11)10(12)15-7-6-14-5-4-13-3/h8-9H,4-7,11H2,1-3H3. The normalized spacial score (nSPS) is 14.7. The average Bonchev–Trinajstić information content (AvgIpc) is 2.21. The minimum atomic E-state index is -0.277. The molecule has 0 aromatic carbocycles. The van der Waals surface area contributed by atoms with Crippen LogP contribution >= 0.6 is 0 Å². The monoisotopic (exact) mass is 219 g/mol. The molecule has 2 N–H and O–H groups in total. The van der Waals surface area contributed by atoms with Crippen LogP contribution in [0.2, 0.25) is 0 Å². The number of esters is 1. The maximum absolute atomic E-state index is 11.3. The summed E-state index contributed by atoms with van der Waals surface area (Å²) in [6, 6.07) is -0.188. The van der Waals surface area contributed by atoms with Gasteiger partial charge in [-0.1, -0.05) is 6.92 Å². The molecule has 0 heterocycles. The molecule has 2 atom stereocenters. The Morgan fingerprint density at radius 2 is 1.80 bits per heavy atom. The van der Waals surface area contributed by atoms with Crippen LogP contribution in [0, 0.1) is 5.92 Å². The third-order valence-electron chi connectivity index (χ3n) is 2.06.